The number of benzene rings is 2. The van der Waals surface area contributed by atoms with Crippen LogP contribution in [-0.2, 0) is 11.2 Å². The summed E-state index contributed by atoms with van der Waals surface area (Å²) < 4.78 is 15.9. The molecule has 0 aliphatic heterocycles. The SMILES string of the molecule is COc1cc(CC(=O)Nc2nc(-c3ccccc3)cs2)cc(OC)c1OC. The summed E-state index contributed by atoms with van der Waals surface area (Å²) >= 11 is 1.39. The molecule has 3 rings (SSSR count). The van der Waals surface area contributed by atoms with E-state index >= 15 is 0 Å². The van der Waals surface area contributed by atoms with Crippen molar-refractivity contribution in [1.29, 1.82) is 0 Å². The van der Waals surface area contributed by atoms with Crippen molar-refractivity contribution in [3.05, 3.63) is 53.4 Å². The Morgan fingerprint density at radius 1 is 1.04 bits per heavy atom. The molecule has 6 nitrogen and oxygen atoms in total. The Bertz CT molecular complexity index is 900. The van der Waals surface area contributed by atoms with Gasteiger partial charge in [0.1, 0.15) is 0 Å². The zero-order valence-corrected chi connectivity index (χ0v) is 16.1. The Morgan fingerprint density at radius 2 is 1.70 bits per heavy atom. The van der Waals surface area contributed by atoms with Gasteiger partial charge in [0.15, 0.2) is 16.6 Å². The van der Waals surface area contributed by atoms with Gasteiger partial charge in [-0.3, -0.25) is 4.79 Å². The van der Waals surface area contributed by atoms with Gasteiger partial charge in [0.05, 0.1) is 33.4 Å². The number of ether oxygens (including phenoxy) is 3. The lowest BCUT2D eigenvalue weighted by Crippen LogP contribution is -2.14. The Labute approximate surface area is 161 Å². The molecule has 0 bridgehead atoms. The van der Waals surface area contributed by atoms with Crippen LogP contribution in [-0.4, -0.2) is 32.2 Å². The highest BCUT2D eigenvalue weighted by atomic mass is 32.1. The molecule has 7 heteroatoms. The molecule has 1 aromatic heterocycles. The lowest BCUT2D eigenvalue weighted by atomic mass is 10.1. The van der Waals surface area contributed by atoms with Gasteiger partial charge in [0, 0.05) is 10.9 Å². The van der Waals surface area contributed by atoms with E-state index in [9.17, 15) is 4.79 Å². The number of nitrogens with one attached hydrogen (secondary N) is 1. The maximum absolute atomic E-state index is 12.4. The smallest absolute Gasteiger partial charge is 0.230 e. The van der Waals surface area contributed by atoms with Crippen LogP contribution >= 0.6 is 11.3 Å². The fourth-order valence-corrected chi connectivity index (χ4v) is 3.39. The average molecular weight is 384 g/mol. The van der Waals surface area contributed by atoms with Crippen LogP contribution in [0.4, 0.5) is 5.13 Å². The molecule has 0 unspecified atom stereocenters. The number of carbonyl (C=O) groups is 1. The molecular formula is C20H20N2O4S. The Morgan fingerprint density at radius 3 is 2.30 bits per heavy atom. The van der Waals surface area contributed by atoms with Crippen LogP contribution in [0, 0.1) is 0 Å². The van der Waals surface area contributed by atoms with Gasteiger partial charge >= 0.3 is 0 Å². The second-order valence-corrected chi connectivity index (χ2v) is 6.52. The van der Waals surface area contributed by atoms with Crippen LogP contribution < -0.4 is 19.5 Å². The standard InChI is InChI=1S/C20H20N2O4S/c1-24-16-9-13(10-17(25-2)19(16)26-3)11-18(23)22-20-21-15(12-27-20)14-7-5-4-6-8-14/h4-10,12H,11H2,1-3H3,(H,21,22,23). The number of carbonyl (C=O) groups excluding carboxylic acids is 1. The van der Waals surface area contributed by atoms with Crippen molar-refractivity contribution in [1.82, 2.24) is 4.98 Å². The second kappa shape index (κ2) is 8.55. The third kappa shape index (κ3) is 4.38. The van der Waals surface area contributed by atoms with Crippen molar-refractivity contribution in [3.8, 4) is 28.5 Å². The van der Waals surface area contributed by atoms with E-state index in [1.165, 1.54) is 11.3 Å². The molecule has 0 aliphatic rings. The quantitative estimate of drug-likeness (QED) is 0.666. The fourth-order valence-electron chi connectivity index (χ4n) is 2.66. The number of hydrogen-bond donors (Lipinski definition) is 1. The summed E-state index contributed by atoms with van der Waals surface area (Å²) in [5, 5.41) is 5.32. The van der Waals surface area contributed by atoms with E-state index in [1.807, 2.05) is 35.7 Å². The van der Waals surface area contributed by atoms with Gasteiger partial charge in [-0.25, -0.2) is 4.98 Å². The zero-order valence-electron chi connectivity index (χ0n) is 15.3. The first kappa shape index (κ1) is 18.7. The summed E-state index contributed by atoms with van der Waals surface area (Å²) in [7, 11) is 4.63. The minimum Gasteiger partial charge on any atom is -0.493 e. The number of aromatic nitrogens is 1. The molecule has 0 saturated heterocycles. The summed E-state index contributed by atoms with van der Waals surface area (Å²) in [5.74, 6) is 1.36. The first-order chi connectivity index (χ1) is 13.1. The van der Waals surface area contributed by atoms with Gasteiger partial charge in [0.25, 0.3) is 0 Å². The first-order valence-corrected chi connectivity index (χ1v) is 9.12. The Hall–Kier alpha value is -3.06. The normalized spacial score (nSPS) is 10.3. The van der Waals surface area contributed by atoms with E-state index in [0.29, 0.717) is 22.4 Å². The monoisotopic (exact) mass is 384 g/mol. The topological polar surface area (TPSA) is 69.7 Å². The van der Waals surface area contributed by atoms with Gasteiger partial charge in [-0.15, -0.1) is 11.3 Å². The lowest BCUT2D eigenvalue weighted by molar-refractivity contribution is -0.115. The number of nitrogens with zero attached hydrogens (tertiary/aromatic N) is 1. The highest BCUT2D eigenvalue weighted by Gasteiger charge is 2.15. The molecule has 0 fully saturated rings. The summed E-state index contributed by atoms with van der Waals surface area (Å²) in [6, 6.07) is 13.4. The highest BCUT2D eigenvalue weighted by molar-refractivity contribution is 7.14. The number of anilines is 1. The predicted molar refractivity (Wildman–Crippen MR) is 106 cm³/mol. The Kier molecular flexibility index (Phi) is 5.93. The van der Waals surface area contributed by atoms with Gasteiger partial charge in [-0.2, -0.15) is 0 Å². The summed E-state index contributed by atoms with van der Waals surface area (Å²) in [6.07, 6.45) is 0.164. The fraction of sp³-hybridized carbons (Fsp3) is 0.200. The van der Waals surface area contributed by atoms with Gasteiger partial charge in [-0.05, 0) is 17.7 Å². The maximum atomic E-state index is 12.4. The molecule has 0 saturated carbocycles. The van der Waals surface area contributed by atoms with Crippen molar-refractivity contribution in [2.45, 2.75) is 6.42 Å². The minimum absolute atomic E-state index is 0.164. The van der Waals surface area contributed by atoms with E-state index in [1.54, 1.807) is 33.5 Å². The number of thiazole rings is 1. The number of hydrogen-bond acceptors (Lipinski definition) is 6. The molecule has 1 amide bonds. The van der Waals surface area contributed by atoms with Crippen molar-refractivity contribution in [3.63, 3.8) is 0 Å². The van der Waals surface area contributed by atoms with Crippen LogP contribution in [0.2, 0.25) is 0 Å². The van der Waals surface area contributed by atoms with E-state index in [0.717, 1.165) is 16.8 Å². The van der Waals surface area contributed by atoms with E-state index in [4.69, 9.17) is 14.2 Å². The molecule has 0 spiro atoms. The third-order valence-electron chi connectivity index (χ3n) is 3.91. The molecule has 140 valence electrons. The summed E-state index contributed by atoms with van der Waals surface area (Å²) in [6.45, 7) is 0. The van der Waals surface area contributed by atoms with Gasteiger partial charge in [-0.1, -0.05) is 30.3 Å². The molecule has 2 aromatic carbocycles. The van der Waals surface area contributed by atoms with Crippen LogP contribution in [0.25, 0.3) is 11.3 Å². The molecule has 1 heterocycles. The van der Waals surface area contributed by atoms with Crippen molar-refractivity contribution in [2.75, 3.05) is 26.6 Å². The van der Waals surface area contributed by atoms with Gasteiger partial charge in [0.2, 0.25) is 11.7 Å². The molecule has 3 aromatic rings. The molecule has 1 N–H and O–H groups in total. The van der Waals surface area contributed by atoms with E-state index < -0.39 is 0 Å². The number of amides is 1. The number of rotatable bonds is 7. The molecular weight excluding hydrogens is 364 g/mol. The van der Waals surface area contributed by atoms with Crippen molar-refractivity contribution in [2.24, 2.45) is 0 Å². The molecule has 0 atom stereocenters. The summed E-state index contributed by atoms with van der Waals surface area (Å²) in [5.41, 5.74) is 2.60. The van der Waals surface area contributed by atoms with Crippen LogP contribution in [0.3, 0.4) is 0 Å². The lowest BCUT2D eigenvalue weighted by Gasteiger charge is -2.13. The van der Waals surface area contributed by atoms with Crippen molar-refractivity contribution >= 4 is 22.4 Å². The highest BCUT2D eigenvalue weighted by Crippen LogP contribution is 2.38. The Balaban J connectivity index is 1.72. The molecule has 27 heavy (non-hydrogen) atoms. The minimum atomic E-state index is -0.168. The largest absolute Gasteiger partial charge is 0.493 e. The average Bonchev–Trinajstić information content (AvgIpc) is 3.16. The summed E-state index contributed by atoms with van der Waals surface area (Å²) in [4.78, 5) is 16.9. The molecule has 0 radical (unpaired) electrons. The van der Waals surface area contributed by atoms with E-state index in [-0.39, 0.29) is 12.3 Å². The predicted octanol–water partition coefficient (Wildman–Crippen LogP) is 4.02. The zero-order chi connectivity index (χ0) is 19.2. The first-order valence-electron chi connectivity index (χ1n) is 8.24. The van der Waals surface area contributed by atoms with E-state index in [2.05, 4.69) is 10.3 Å². The maximum Gasteiger partial charge on any atom is 0.230 e. The van der Waals surface area contributed by atoms with Crippen LogP contribution in [0.1, 0.15) is 5.56 Å². The molecule has 0 aliphatic carbocycles. The number of methoxy groups -OCH3 is 3. The van der Waals surface area contributed by atoms with Gasteiger partial charge < -0.3 is 19.5 Å². The second-order valence-electron chi connectivity index (χ2n) is 5.66. The third-order valence-corrected chi connectivity index (χ3v) is 4.67. The van der Waals surface area contributed by atoms with Crippen molar-refractivity contribution < 1.29 is 19.0 Å². The van der Waals surface area contributed by atoms with Crippen LogP contribution in [0.5, 0.6) is 17.2 Å². The van der Waals surface area contributed by atoms with Crippen LogP contribution in [0.15, 0.2) is 47.8 Å².